The lowest BCUT2D eigenvalue weighted by molar-refractivity contribution is -0.128. The van der Waals surface area contributed by atoms with Gasteiger partial charge in [-0.3, -0.25) is 14.5 Å². The third-order valence-electron chi connectivity index (χ3n) is 5.48. The Hall–Kier alpha value is -2.34. The minimum Gasteiger partial charge on any atom is -0.493 e. The first kappa shape index (κ1) is 19.4. The molecular formula is C21H28N2O4. The number of rotatable bonds is 5. The number of benzene rings is 1. The van der Waals surface area contributed by atoms with Crippen LogP contribution in [0.4, 0.5) is 0 Å². The maximum absolute atomic E-state index is 12.5. The number of nitrogens with zero attached hydrogens (tertiary/aromatic N) is 2. The molecule has 2 aliphatic rings. The molecule has 0 bridgehead atoms. The van der Waals surface area contributed by atoms with Gasteiger partial charge < -0.3 is 14.4 Å². The Kier molecular flexibility index (Phi) is 5.85. The summed E-state index contributed by atoms with van der Waals surface area (Å²) in [7, 11) is 3.16. The molecule has 1 aliphatic heterocycles. The van der Waals surface area contributed by atoms with E-state index < -0.39 is 5.92 Å². The second-order valence-corrected chi connectivity index (χ2v) is 7.34. The van der Waals surface area contributed by atoms with E-state index in [-0.39, 0.29) is 11.7 Å². The molecule has 1 amide bonds. The maximum Gasteiger partial charge on any atom is 0.246 e. The zero-order chi connectivity index (χ0) is 19.6. The van der Waals surface area contributed by atoms with Gasteiger partial charge in [-0.1, -0.05) is 6.08 Å². The van der Waals surface area contributed by atoms with E-state index in [1.54, 1.807) is 26.4 Å². The van der Waals surface area contributed by atoms with E-state index >= 15 is 0 Å². The molecule has 146 valence electrons. The van der Waals surface area contributed by atoms with Gasteiger partial charge in [0, 0.05) is 44.7 Å². The van der Waals surface area contributed by atoms with Crippen LogP contribution in [0.1, 0.15) is 30.9 Å². The molecule has 0 saturated carbocycles. The largest absolute Gasteiger partial charge is 0.493 e. The first-order chi connectivity index (χ1) is 12.9. The van der Waals surface area contributed by atoms with Gasteiger partial charge in [-0.05, 0) is 37.1 Å². The molecule has 27 heavy (non-hydrogen) atoms. The number of hydrogen-bond acceptors (Lipinski definition) is 5. The fourth-order valence-electron chi connectivity index (χ4n) is 3.80. The summed E-state index contributed by atoms with van der Waals surface area (Å²) in [6, 6.07) is 4.20. The zero-order valence-electron chi connectivity index (χ0n) is 16.5. The highest BCUT2D eigenvalue weighted by Crippen LogP contribution is 2.39. The van der Waals surface area contributed by atoms with Crippen LogP contribution >= 0.6 is 0 Å². The molecule has 1 aromatic rings. The predicted octanol–water partition coefficient (Wildman–Crippen LogP) is 2.02. The van der Waals surface area contributed by atoms with Crippen molar-refractivity contribution in [2.24, 2.45) is 0 Å². The Morgan fingerprint density at radius 3 is 2.33 bits per heavy atom. The third-order valence-corrected chi connectivity index (χ3v) is 5.48. The number of carbonyl (C=O) groups excluding carboxylic acids is 2. The number of amides is 1. The van der Waals surface area contributed by atoms with Crippen molar-refractivity contribution in [1.82, 2.24) is 9.80 Å². The number of ether oxygens (including phenoxy) is 2. The Labute approximate surface area is 160 Å². The van der Waals surface area contributed by atoms with E-state index in [1.165, 1.54) is 0 Å². The van der Waals surface area contributed by atoms with Crippen LogP contribution in [0.15, 0.2) is 24.3 Å². The van der Waals surface area contributed by atoms with Gasteiger partial charge >= 0.3 is 0 Å². The van der Waals surface area contributed by atoms with Crippen molar-refractivity contribution < 1.29 is 19.1 Å². The number of fused-ring (bicyclic) bond motifs is 1. The van der Waals surface area contributed by atoms with E-state index in [1.807, 2.05) is 17.0 Å². The quantitative estimate of drug-likeness (QED) is 0.740. The van der Waals surface area contributed by atoms with Crippen molar-refractivity contribution in [2.75, 3.05) is 40.4 Å². The van der Waals surface area contributed by atoms with Crippen LogP contribution in [-0.2, 0) is 16.0 Å². The fourth-order valence-corrected chi connectivity index (χ4v) is 3.80. The minimum absolute atomic E-state index is 0.0277. The van der Waals surface area contributed by atoms with Crippen LogP contribution in [-0.4, -0.2) is 67.9 Å². The molecule has 3 rings (SSSR count). The van der Waals surface area contributed by atoms with Crippen molar-refractivity contribution in [3.05, 3.63) is 35.4 Å². The summed E-state index contributed by atoms with van der Waals surface area (Å²) in [5.74, 6) is 0.878. The molecule has 1 fully saturated rings. The number of methoxy groups -OCH3 is 2. The molecule has 0 spiro atoms. The molecule has 0 radical (unpaired) electrons. The normalized spacial score (nSPS) is 20.4. The van der Waals surface area contributed by atoms with Crippen molar-refractivity contribution >= 4 is 11.7 Å². The molecule has 1 aromatic carbocycles. The molecule has 6 heteroatoms. The molecule has 6 nitrogen and oxygen atoms in total. The first-order valence-corrected chi connectivity index (χ1v) is 9.43. The van der Waals surface area contributed by atoms with Crippen LogP contribution in [0.2, 0.25) is 0 Å². The first-order valence-electron chi connectivity index (χ1n) is 9.43. The van der Waals surface area contributed by atoms with Crippen molar-refractivity contribution in [1.29, 1.82) is 0 Å². The van der Waals surface area contributed by atoms with E-state index in [2.05, 4.69) is 18.7 Å². The van der Waals surface area contributed by atoms with E-state index in [0.29, 0.717) is 24.0 Å². The van der Waals surface area contributed by atoms with Gasteiger partial charge in [0.1, 0.15) is 5.78 Å². The van der Waals surface area contributed by atoms with Gasteiger partial charge in [-0.15, -0.1) is 0 Å². The van der Waals surface area contributed by atoms with Crippen LogP contribution < -0.4 is 9.47 Å². The summed E-state index contributed by atoms with van der Waals surface area (Å²) < 4.78 is 10.7. The highest BCUT2D eigenvalue weighted by Gasteiger charge is 2.31. The van der Waals surface area contributed by atoms with Crippen molar-refractivity contribution in [3.8, 4) is 11.5 Å². The molecule has 0 aromatic heterocycles. The summed E-state index contributed by atoms with van der Waals surface area (Å²) in [5, 5.41) is 0. The van der Waals surface area contributed by atoms with Gasteiger partial charge in [-0.25, -0.2) is 0 Å². The summed E-state index contributed by atoms with van der Waals surface area (Å²) in [6.07, 6.45) is 3.64. The lowest BCUT2D eigenvalue weighted by atomic mass is 9.99. The highest BCUT2D eigenvalue weighted by molar-refractivity contribution is 5.96. The third kappa shape index (κ3) is 4.00. The lowest BCUT2D eigenvalue weighted by Crippen LogP contribution is -2.50. The Balaban J connectivity index is 1.71. The lowest BCUT2D eigenvalue weighted by Gasteiger charge is -2.36. The fraction of sp³-hybridized carbons (Fsp3) is 0.524. The molecule has 1 heterocycles. The Morgan fingerprint density at radius 1 is 1.11 bits per heavy atom. The van der Waals surface area contributed by atoms with Gasteiger partial charge in [0.05, 0.1) is 20.1 Å². The molecule has 1 aliphatic carbocycles. The van der Waals surface area contributed by atoms with E-state index in [0.717, 1.165) is 37.3 Å². The molecular weight excluding hydrogens is 344 g/mol. The Morgan fingerprint density at radius 2 is 1.74 bits per heavy atom. The number of ketones is 1. The van der Waals surface area contributed by atoms with E-state index in [4.69, 9.17) is 9.47 Å². The van der Waals surface area contributed by atoms with Gasteiger partial charge in [-0.2, -0.15) is 0 Å². The average molecular weight is 372 g/mol. The monoisotopic (exact) mass is 372 g/mol. The topological polar surface area (TPSA) is 59.1 Å². The maximum atomic E-state index is 12.5. The minimum atomic E-state index is -0.402. The molecule has 1 unspecified atom stereocenters. The highest BCUT2D eigenvalue weighted by atomic mass is 16.5. The summed E-state index contributed by atoms with van der Waals surface area (Å²) in [5.41, 5.74) is 1.83. The number of Topliss-reactive ketones (excluding diaryl/α,β-unsaturated/α-hetero) is 1. The SMILES string of the molecule is COc1cc2c(cc1OC)C(/C=C/C(=O)N1CCN(C(C)C)CC1)C(=O)C2. The second kappa shape index (κ2) is 8.13. The molecule has 1 saturated heterocycles. The number of hydrogen-bond donors (Lipinski definition) is 0. The van der Waals surface area contributed by atoms with Crippen molar-refractivity contribution in [3.63, 3.8) is 0 Å². The summed E-state index contributed by atoms with van der Waals surface area (Å²) in [4.78, 5) is 29.2. The van der Waals surface area contributed by atoms with Crippen molar-refractivity contribution in [2.45, 2.75) is 32.2 Å². The van der Waals surface area contributed by atoms with Crippen LogP contribution in [0, 0.1) is 0 Å². The average Bonchev–Trinajstić information content (AvgIpc) is 2.98. The van der Waals surface area contributed by atoms with Gasteiger partial charge in [0.15, 0.2) is 11.5 Å². The zero-order valence-corrected chi connectivity index (χ0v) is 16.5. The molecule has 1 atom stereocenters. The summed E-state index contributed by atoms with van der Waals surface area (Å²) >= 11 is 0. The van der Waals surface area contributed by atoms with Crippen LogP contribution in [0.3, 0.4) is 0 Å². The predicted molar refractivity (Wildman–Crippen MR) is 103 cm³/mol. The number of allylic oxidation sites excluding steroid dienone is 1. The number of carbonyl (C=O) groups is 2. The van der Waals surface area contributed by atoms with Gasteiger partial charge in [0.2, 0.25) is 5.91 Å². The molecule has 0 N–H and O–H groups in total. The second-order valence-electron chi connectivity index (χ2n) is 7.34. The smallest absolute Gasteiger partial charge is 0.246 e. The Bertz CT molecular complexity index is 749. The standard InChI is InChI=1S/C21H28N2O4/c1-14(2)22-7-9-23(10-8-22)21(25)6-5-16-17-13-20(27-4)19(26-3)12-15(17)11-18(16)24/h5-6,12-14,16H,7-11H2,1-4H3/b6-5+. The van der Waals surface area contributed by atoms with E-state index in [9.17, 15) is 9.59 Å². The van der Waals surface area contributed by atoms with Gasteiger partial charge in [0.25, 0.3) is 0 Å². The van der Waals surface area contributed by atoms with Crippen LogP contribution in [0.5, 0.6) is 11.5 Å². The summed E-state index contributed by atoms with van der Waals surface area (Å²) in [6.45, 7) is 7.57. The van der Waals surface area contributed by atoms with Crippen LogP contribution in [0.25, 0.3) is 0 Å². The number of piperazine rings is 1.